The molecule has 2 heterocycles. The number of halogens is 1. The fraction of sp³-hybridized carbons (Fsp3) is 0.235. The van der Waals surface area contributed by atoms with Crippen molar-refractivity contribution < 1.29 is 8.42 Å². The number of rotatable bonds is 5. The van der Waals surface area contributed by atoms with Crippen LogP contribution in [0.2, 0.25) is 0 Å². The van der Waals surface area contributed by atoms with Gasteiger partial charge in [0.1, 0.15) is 10.6 Å². The van der Waals surface area contributed by atoms with Crippen molar-refractivity contribution >= 4 is 43.0 Å². The Morgan fingerprint density at radius 3 is 2.64 bits per heavy atom. The number of sulfonamides is 1. The quantitative estimate of drug-likeness (QED) is 0.603. The number of benzene rings is 1. The summed E-state index contributed by atoms with van der Waals surface area (Å²) in [5, 5.41) is 6.41. The summed E-state index contributed by atoms with van der Waals surface area (Å²) < 4.78 is 31.3. The zero-order chi connectivity index (χ0) is 18.2. The Morgan fingerprint density at radius 2 is 2.04 bits per heavy atom. The smallest absolute Gasteiger partial charge is 0.265 e. The fourth-order valence-corrected chi connectivity index (χ4v) is 4.91. The molecule has 3 rings (SSSR count). The summed E-state index contributed by atoms with van der Waals surface area (Å²) >= 11 is 4.86. The van der Waals surface area contributed by atoms with Crippen LogP contribution in [0.1, 0.15) is 25.5 Å². The highest BCUT2D eigenvalue weighted by atomic mass is 79.9. The van der Waals surface area contributed by atoms with Crippen LogP contribution in [0, 0.1) is 6.92 Å². The lowest BCUT2D eigenvalue weighted by molar-refractivity contribution is 0.532. The molecule has 0 atom stereocenters. The van der Waals surface area contributed by atoms with E-state index in [2.05, 4.69) is 25.8 Å². The van der Waals surface area contributed by atoms with E-state index in [0.717, 1.165) is 14.9 Å². The monoisotopic (exact) mass is 439 g/mol. The maximum atomic E-state index is 13.0. The molecule has 5 nitrogen and oxygen atoms in total. The normalized spacial score (nSPS) is 11.9. The van der Waals surface area contributed by atoms with Crippen molar-refractivity contribution in [3.05, 3.63) is 51.9 Å². The molecule has 0 bridgehead atoms. The molecule has 132 valence electrons. The molecular weight excluding hydrogens is 422 g/mol. The summed E-state index contributed by atoms with van der Waals surface area (Å²) in [5.74, 6) is 0. The van der Waals surface area contributed by atoms with Gasteiger partial charge >= 0.3 is 0 Å². The van der Waals surface area contributed by atoms with Crippen molar-refractivity contribution in [3.63, 3.8) is 0 Å². The molecule has 0 saturated carbocycles. The van der Waals surface area contributed by atoms with E-state index in [4.69, 9.17) is 0 Å². The van der Waals surface area contributed by atoms with Crippen LogP contribution in [0.5, 0.6) is 0 Å². The molecule has 1 N–H and O–H groups in total. The third kappa shape index (κ3) is 3.80. The maximum absolute atomic E-state index is 13.0. The molecule has 25 heavy (non-hydrogen) atoms. The molecule has 1 aromatic carbocycles. The summed E-state index contributed by atoms with van der Waals surface area (Å²) in [7, 11) is -3.76. The Balaban J connectivity index is 2.07. The minimum absolute atomic E-state index is 0.0667. The number of anilines is 1. The second kappa shape index (κ2) is 6.93. The van der Waals surface area contributed by atoms with E-state index in [1.165, 1.54) is 11.3 Å². The molecule has 0 saturated heterocycles. The van der Waals surface area contributed by atoms with E-state index in [0.29, 0.717) is 11.4 Å². The standard InChI is InChI=1S/C17H18BrN3O2S2/c1-11(2)21-10-16(17(19-21)15-5-4-8-24-15)25(22,23)20-14-7-6-13(18)9-12(14)3/h4-11,20H,1-3H3. The van der Waals surface area contributed by atoms with Gasteiger partial charge in [-0.15, -0.1) is 11.3 Å². The largest absolute Gasteiger partial charge is 0.279 e. The minimum atomic E-state index is -3.76. The molecule has 0 unspecified atom stereocenters. The number of thiophene rings is 1. The molecule has 0 radical (unpaired) electrons. The molecular formula is C17H18BrN3O2S2. The van der Waals surface area contributed by atoms with Gasteiger partial charge in [-0.2, -0.15) is 5.10 Å². The number of nitrogens with zero attached hydrogens (tertiary/aromatic N) is 2. The SMILES string of the molecule is Cc1cc(Br)ccc1NS(=O)(=O)c1cn(C(C)C)nc1-c1cccs1. The Morgan fingerprint density at radius 1 is 1.28 bits per heavy atom. The van der Waals surface area contributed by atoms with Gasteiger partial charge in [-0.3, -0.25) is 9.40 Å². The highest BCUT2D eigenvalue weighted by molar-refractivity contribution is 9.10. The summed E-state index contributed by atoms with van der Waals surface area (Å²) in [6.07, 6.45) is 1.59. The van der Waals surface area contributed by atoms with Gasteiger partial charge in [0.05, 0.1) is 10.6 Å². The molecule has 0 aliphatic heterocycles. The van der Waals surface area contributed by atoms with E-state index < -0.39 is 10.0 Å². The number of hydrogen-bond acceptors (Lipinski definition) is 4. The minimum Gasteiger partial charge on any atom is -0.279 e. The summed E-state index contributed by atoms with van der Waals surface area (Å²) in [6, 6.07) is 9.25. The van der Waals surface area contributed by atoms with E-state index in [1.54, 1.807) is 16.9 Å². The first-order valence-electron chi connectivity index (χ1n) is 7.70. The fourth-order valence-electron chi connectivity index (χ4n) is 2.36. The molecule has 8 heteroatoms. The lowest BCUT2D eigenvalue weighted by atomic mass is 10.2. The highest BCUT2D eigenvalue weighted by Crippen LogP contribution is 2.32. The predicted molar refractivity (Wildman–Crippen MR) is 106 cm³/mol. The Kier molecular flexibility index (Phi) is 5.04. The van der Waals surface area contributed by atoms with Crippen LogP contribution in [0.15, 0.2) is 51.3 Å². The summed E-state index contributed by atoms with van der Waals surface area (Å²) in [5.41, 5.74) is 1.87. The zero-order valence-corrected chi connectivity index (χ0v) is 17.2. The third-order valence-electron chi connectivity index (χ3n) is 3.70. The molecule has 3 aromatic rings. The average Bonchev–Trinajstić information content (AvgIpc) is 3.18. The average molecular weight is 440 g/mol. The van der Waals surface area contributed by atoms with Crippen molar-refractivity contribution in [2.24, 2.45) is 0 Å². The van der Waals surface area contributed by atoms with Crippen molar-refractivity contribution in [2.45, 2.75) is 31.7 Å². The van der Waals surface area contributed by atoms with E-state index in [9.17, 15) is 8.42 Å². The molecule has 0 amide bonds. The van der Waals surface area contributed by atoms with Gasteiger partial charge < -0.3 is 0 Å². The van der Waals surface area contributed by atoms with Gasteiger partial charge in [0.25, 0.3) is 10.0 Å². The number of aryl methyl sites for hydroxylation is 1. The number of hydrogen-bond donors (Lipinski definition) is 1. The van der Waals surface area contributed by atoms with Gasteiger partial charge in [-0.05, 0) is 56.0 Å². The Hall–Kier alpha value is -1.64. The zero-order valence-electron chi connectivity index (χ0n) is 14.0. The van der Waals surface area contributed by atoms with Crippen LogP contribution in [-0.2, 0) is 10.0 Å². The van der Waals surface area contributed by atoms with Crippen LogP contribution < -0.4 is 4.72 Å². The third-order valence-corrected chi connectivity index (χ3v) is 6.44. The number of nitrogens with one attached hydrogen (secondary N) is 1. The van der Waals surface area contributed by atoms with Crippen molar-refractivity contribution in [1.29, 1.82) is 0 Å². The van der Waals surface area contributed by atoms with Gasteiger partial charge in [0.15, 0.2) is 0 Å². The van der Waals surface area contributed by atoms with Gasteiger partial charge in [0, 0.05) is 16.7 Å². The first-order chi connectivity index (χ1) is 11.8. The molecule has 0 aliphatic carbocycles. The first kappa shape index (κ1) is 18.2. The van der Waals surface area contributed by atoms with Crippen LogP contribution in [0.25, 0.3) is 10.6 Å². The van der Waals surface area contributed by atoms with Crippen molar-refractivity contribution in [3.8, 4) is 10.6 Å². The molecule has 2 aromatic heterocycles. The molecule has 0 fully saturated rings. The second-order valence-electron chi connectivity index (χ2n) is 5.96. The summed E-state index contributed by atoms with van der Waals surface area (Å²) in [6.45, 7) is 5.79. The highest BCUT2D eigenvalue weighted by Gasteiger charge is 2.25. The molecule has 0 aliphatic rings. The Labute approximate surface area is 159 Å². The molecule has 0 spiro atoms. The first-order valence-corrected chi connectivity index (χ1v) is 10.9. The van der Waals surface area contributed by atoms with Crippen LogP contribution in [-0.4, -0.2) is 18.2 Å². The van der Waals surface area contributed by atoms with Crippen LogP contribution in [0.3, 0.4) is 0 Å². The van der Waals surface area contributed by atoms with Crippen molar-refractivity contribution in [1.82, 2.24) is 9.78 Å². The second-order valence-corrected chi connectivity index (χ2v) is 9.47. The lowest BCUT2D eigenvalue weighted by Gasteiger charge is -2.10. The topological polar surface area (TPSA) is 64.0 Å². The van der Waals surface area contributed by atoms with E-state index in [-0.39, 0.29) is 10.9 Å². The number of aromatic nitrogens is 2. The van der Waals surface area contributed by atoms with Crippen molar-refractivity contribution in [2.75, 3.05) is 4.72 Å². The van der Waals surface area contributed by atoms with Crippen LogP contribution >= 0.6 is 27.3 Å². The van der Waals surface area contributed by atoms with Gasteiger partial charge in [-0.1, -0.05) is 22.0 Å². The maximum Gasteiger partial charge on any atom is 0.265 e. The van der Waals surface area contributed by atoms with Gasteiger partial charge in [-0.25, -0.2) is 8.42 Å². The lowest BCUT2D eigenvalue weighted by Crippen LogP contribution is -2.14. The van der Waals surface area contributed by atoms with Gasteiger partial charge in [0.2, 0.25) is 0 Å². The Bertz CT molecular complexity index is 993. The summed E-state index contributed by atoms with van der Waals surface area (Å²) in [4.78, 5) is 1.01. The van der Waals surface area contributed by atoms with E-state index in [1.807, 2.05) is 50.4 Å². The van der Waals surface area contributed by atoms with E-state index >= 15 is 0 Å². The van der Waals surface area contributed by atoms with Crippen LogP contribution in [0.4, 0.5) is 5.69 Å². The predicted octanol–water partition coefficient (Wildman–Crippen LogP) is 5.06.